The van der Waals surface area contributed by atoms with E-state index in [1.165, 1.54) is 0 Å². The van der Waals surface area contributed by atoms with Crippen molar-refractivity contribution in [2.75, 3.05) is 20.8 Å². The molecule has 5 nitrogen and oxygen atoms in total. The fourth-order valence-corrected chi connectivity index (χ4v) is 2.71. The number of carbonyl (C=O) groups excluding carboxylic acids is 1. The molecule has 1 fully saturated rings. The van der Waals surface area contributed by atoms with Gasteiger partial charge < -0.3 is 20.5 Å². The van der Waals surface area contributed by atoms with Crippen LogP contribution in [0.5, 0.6) is 11.5 Å². The third kappa shape index (κ3) is 4.11. The molecule has 0 atom stereocenters. The Bertz CT molecular complexity index is 482. The van der Waals surface area contributed by atoms with Crippen LogP contribution >= 0.6 is 0 Å². The Kier molecular flexibility index (Phi) is 5.44. The molecule has 116 valence electrons. The molecular formula is C16H24N2O3. The van der Waals surface area contributed by atoms with Crippen LogP contribution < -0.4 is 20.5 Å². The average Bonchev–Trinajstić information content (AvgIpc) is 2.53. The first-order chi connectivity index (χ1) is 10.1. The molecule has 0 saturated heterocycles. The number of benzene rings is 1. The van der Waals surface area contributed by atoms with E-state index in [2.05, 4.69) is 5.32 Å². The van der Waals surface area contributed by atoms with Gasteiger partial charge in [0.25, 0.3) is 5.91 Å². The van der Waals surface area contributed by atoms with E-state index >= 15 is 0 Å². The Hall–Kier alpha value is -1.75. The maximum Gasteiger partial charge on any atom is 0.255 e. The molecule has 0 aliphatic heterocycles. The van der Waals surface area contributed by atoms with E-state index in [-0.39, 0.29) is 5.91 Å². The van der Waals surface area contributed by atoms with Crippen molar-refractivity contribution >= 4 is 5.91 Å². The summed E-state index contributed by atoms with van der Waals surface area (Å²) >= 11 is 0. The van der Waals surface area contributed by atoms with Crippen LogP contribution in [0.2, 0.25) is 0 Å². The van der Waals surface area contributed by atoms with E-state index in [1.54, 1.807) is 32.4 Å². The summed E-state index contributed by atoms with van der Waals surface area (Å²) in [4.78, 5) is 12.3. The Morgan fingerprint density at radius 3 is 2.57 bits per heavy atom. The van der Waals surface area contributed by atoms with Crippen LogP contribution in [-0.4, -0.2) is 32.7 Å². The minimum atomic E-state index is -0.107. The summed E-state index contributed by atoms with van der Waals surface area (Å²) in [6.07, 6.45) is 4.27. The van der Waals surface area contributed by atoms with Crippen LogP contribution in [0, 0.1) is 5.92 Å². The quantitative estimate of drug-likeness (QED) is 0.870. The lowest BCUT2D eigenvalue weighted by Gasteiger charge is -2.26. The summed E-state index contributed by atoms with van der Waals surface area (Å²) in [5.74, 6) is 1.62. The van der Waals surface area contributed by atoms with Crippen LogP contribution in [0.25, 0.3) is 0 Å². The number of amides is 1. The van der Waals surface area contributed by atoms with E-state index in [0.29, 0.717) is 35.6 Å². The van der Waals surface area contributed by atoms with E-state index in [4.69, 9.17) is 15.2 Å². The predicted octanol–water partition coefficient (Wildman–Crippen LogP) is 1.95. The van der Waals surface area contributed by atoms with Crippen LogP contribution in [0.4, 0.5) is 0 Å². The summed E-state index contributed by atoms with van der Waals surface area (Å²) in [5.41, 5.74) is 6.43. The lowest BCUT2D eigenvalue weighted by atomic mass is 9.86. The summed E-state index contributed by atoms with van der Waals surface area (Å²) in [6.45, 7) is 0.695. The second-order valence-electron chi connectivity index (χ2n) is 5.56. The molecule has 0 heterocycles. The van der Waals surface area contributed by atoms with Gasteiger partial charge in [0.15, 0.2) is 0 Å². The van der Waals surface area contributed by atoms with Gasteiger partial charge in [0.1, 0.15) is 11.5 Å². The van der Waals surface area contributed by atoms with Crippen LogP contribution in [0.1, 0.15) is 36.0 Å². The highest BCUT2D eigenvalue weighted by Crippen LogP contribution is 2.25. The lowest BCUT2D eigenvalue weighted by Crippen LogP contribution is -2.34. The molecule has 1 saturated carbocycles. The van der Waals surface area contributed by atoms with Crippen molar-refractivity contribution in [1.29, 1.82) is 0 Å². The molecular weight excluding hydrogens is 268 g/mol. The number of hydrogen-bond donors (Lipinski definition) is 2. The van der Waals surface area contributed by atoms with E-state index in [0.717, 1.165) is 25.7 Å². The molecule has 5 heteroatoms. The Balaban J connectivity index is 1.94. The number of nitrogens with two attached hydrogens (primary N) is 1. The van der Waals surface area contributed by atoms with Gasteiger partial charge in [-0.15, -0.1) is 0 Å². The first kappa shape index (κ1) is 15.6. The first-order valence-corrected chi connectivity index (χ1v) is 7.40. The molecule has 1 aromatic carbocycles. The summed E-state index contributed by atoms with van der Waals surface area (Å²) < 4.78 is 10.4. The van der Waals surface area contributed by atoms with Gasteiger partial charge in [-0.3, -0.25) is 4.79 Å². The third-order valence-corrected chi connectivity index (χ3v) is 4.10. The standard InChI is InChI=1S/C16H24N2O3/c1-20-13-7-8-14(15(9-13)21-2)16(19)18-10-11-3-5-12(17)6-4-11/h7-9,11-12H,3-6,10,17H2,1-2H3,(H,18,19). The summed E-state index contributed by atoms with van der Waals surface area (Å²) in [6, 6.07) is 5.54. The van der Waals surface area contributed by atoms with Crippen molar-refractivity contribution in [3.63, 3.8) is 0 Å². The number of hydrogen-bond acceptors (Lipinski definition) is 4. The van der Waals surface area contributed by atoms with E-state index in [9.17, 15) is 4.79 Å². The van der Waals surface area contributed by atoms with Gasteiger partial charge in [-0.1, -0.05) is 0 Å². The van der Waals surface area contributed by atoms with Gasteiger partial charge >= 0.3 is 0 Å². The van der Waals surface area contributed by atoms with Gasteiger partial charge in [-0.25, -0.2) is 0 Å². The van der Waals surface area contributed by atoms with Crippen LogP contribution in [-0.2, 0) is 0 Å². The zero-order valence-corrected chi connectivity index (χ0v) is 12.7. The molecule has 1 aromatic rings. The minimum Gasteiger partial charge on any atom is -0.497 e. The maximum atomic E-state index is 12.3. The highest BCUT2D eigenvalue weighted by molar-refractivity contribution is 5.97. The van der Waals surface area contributed by atoms with Crippen LogP contribution in [0.3, 0.4) is 0 Å². The second-order valence-corrected chi connectivity index (χ2v) is 5.56. The third-order valence-electron chi connectivity index (χ3n) is 4.10. The second kappa shape index (κ2) is 7.31. The first-order valence-electron chi connectivity index (χ1n) is 7.40. The topological polar surface area (TPSA) is 73.6 Å². The lowest BCUT2D eigenvalue weighted by molar-refractivity contribution is 0.0940. The minimum absolute atomic E-state index is 0.107. The fourth-order valence-electron chi connectivity index (χ4n) is 2.71. The number of carbonyl (C=O) groups is 1. The molecule has 3 N–H and O–H groups in total. The van der Waals surface area contributed by atoms with Crippen molar-refractivity contribution < 1.29 is 14.3 Å². The largest absolute Gasteiger partial charge is 0.497 e. The summed E-state index contributed by atoms with van der Waals surface area (Å²) in [7, 11) is 3.14. The normalized spacial score (nSPS) is 21.7. The number of ether oxygens (including phenoxy) is 2. The van der Waals surface area contributed by atoms with Crippen molar-refractivity contribution in [3.8, 4) is 11.5 Å². The Labute approximate surface area is 125 Å². The number of methoxy groups -OCH3 is 2. The highest BCUT2D eigenvalue weighted by atomic mass is 16.5. The molecule has 1 aliphatic rings. The molecule has 0 aromatic heterocycles. The van der Waals surface area contributed by atoms with Crippen molar-refractivity contribution in [3.05, 3.63) is 23.8 Å². The molecule has 21 heavy (non-hydrogen) atoms. The molecule has 0 unspecified atom stereocenters. The van der Waals surface area contributed by atoms with Crippen molar-refractivity contribution in [2.24, 2.45) is 11.7 Å². The van der Waals surface area contributed by atoms with Gasteiger partial charge in [-0.05, 0) is 43.7 Å². The zero-order chi connectivity index (χ0) is 15.2. The molecule has 1 amide bonds. The highest BCUT2D eigenvalue weighted by Gasteiger charge is 2.20. The smallest absolute Gasteiger partial charge is 0.255 e. The molecule has 0 spiro atoms. The molecule has 0 bridgehead atoms. The SMILES string of the molecule is COc1ccc(C(=O)NCC2CCC(N)CC2)c(OC)c1. The monoisotopic (exact) mass is 292 g/mol. The van der Waals surface area contributed by atoms with Crippen molar-refractivity contribution in [2.45, 2.75) is 31.7 Å². The molecule has 2 rings (SSSR count). The average molecular weight is 292 g/mol. The molecule has 0 radical (unpaired) electrons. The van der Waals surface area contributed by atoms with E-state index in [1.807, 2.05) is 0 Å². The zero-order valence-electron chi connectivity index (χ0n) is 12.7. The predicted molar refractivity (Wildman–Crippen MR) is 81.8 cm³/mol. The number of rotatable bonds is 5. The maximum absolute atomic E-state index is 12.3. The Morgan fingerprint density at radius 2 is 1.95 bits per heavy atom. The van der Waals surface area contributed by atoms with Gasteiger partial charge in [0.05, 0.1) is 19.8 Å². The van der Waals surface area contributed by atoms with E-state index < -0.39 is 0 Å². The number of nitrogens with one attached hydrogen (secondary N) is 1. The fraction of sp³-hybridized carbons (Fsp3) is 0.562. The van der Waals surface area contributed by atoms with Gasteiger partial charge in [0.2, 0.25) is 0 Å². The van der Waals surface area contributed by atoms with Gasteiger partial charge in [0, 0.05) is 18.7 Å². The van der Waals surface area contributed by atoms with Crippen LogP contribution in [0.15, 0.2) is 18.2 Å². The van der Waals surface area contributed by atoms with Crippen molar-refractivity contribution in [1.82, 2.24) is 5.32 Å². The molecule has 1 aliphatic carbocycles. The summed E-state index contributed by atoms with van der Waals surface area (Å²) in [5, 5.41) is 3.00. The van der Waals surface area contributed by atoms with Gasteiger partial charge in [-0.2, -0.15) is 0 Å². The Morgan fingerprint density at radius 1 is 1.24 bits per heavy atom.